The number of allylic oxidation sites excluding steroid dienone is 1. The molecule has 1 aliphatic carbocycles. The smallest absolute Gasteiger partial charge is 0.167 e. The van der Waals surface area contributed by atoms with Crippen molar-refractivity contribution in [2.75, 3.05) is 18.4 Å². The number of rotatable bonds is 4. The van der Waals surface area contributed by atoms with Crippen molar-refractivity contribution in [2.45, 2.75) is 31.3 Å². The van der Waals surface area contributed by atoms with E-state index in [-0.39, 0.29) is 23.6 Å². The van der Waals surface area contributed by atoms with Crippen molar-refractivity contribution < 1.29 is 9.18 Å². The van der Waals surface area contributed by atoms with Crippen LogP contribution in [0.15, 0.2) is 72.8 Å². The summed E-state index contributed by atoms with van der Waals surface area (Å²) in [5.74, 6) is -0.0871. The van der Waals surface area contributed by atoms with Gasteiger partial charge in [0.1, 0.15) is 5.82 Å². The highest BCUT2D eigenvalue weighted by Gasteiger charge is 2.38. The molecule has 1 saturated heterocycles. The van der Waals surface area contributed by atoms with E-state index in [0.29, 0.717) is 6.42 Å². The average Bonchev–Trinajstić information content (AvgIpc) is 2.79. The molecule has 0 saturated carbocycles. The van der Waals surface area contributed by atoms with Gasteiger partial charge in [-0.05, 0) is 60.0 Å². The molecule has 0 bridgehead atoms. The SMILES string of the molecule is O=C1CC=C2c3c(cccc31)NC(c1ccc(CN3CCC3)cc1)C2c1ccc(F)cc1. The third-order valence-corrected chi connectivity index (χ3v) is 7.06. The van der Waals surface area contributed by atoms with Gasteiger partial charge in [-0.25, -0.2) is 4.39 Å². The summed E-state index contributed by atoms with van der Waals surface area (Å²) in [6, 6.07) is 21.6. The lowest BCUT2D eigenvalue weighted by Crippen LogP contribution is -2.36. The van der Waals surface area contributed by atoms with E-state index >= 15 is 0 Å². The van der Waals surface area contributed by atoms with Crippen LogP contribution in [0.1, 0.15) is 57.4 Å². The molecule has 2 aliphatic heterocycles. The zero-order chi connectivity index (χ0) is 21.7. The molecule has 0 aromatic heterocycles. The molecular formula is C28H25FN2O. The van der Waals surface area contributed by atoms with Gasteiger partial charge in [-0.3, -0.25) is 9.69 Å². The van der Waals surface area contributed by atoms with Crippen molar-refractivity contribution in [1.29, 1.82) is 0 Å². The molecule has 0 radical (unpaired) electrons. The number of likely N-dealkylation sites (tertiary alicyclic amines) is 1. The van der Waals surface area contributed by atoms with Crippen LogP contribution in [-0.4, -0.2) is 23.8 Å². The molecule has 2 atom stereocenters. The highest BCUT2D eigenvalue weighted by Crippen LogP contribution is 2.52. The molecule has 2 unspecified atom stereocenters. The summed E-state index contributed by atoms with van der Waals surface area (Å²) in [7, 11) is 0. The fraction of sp³-hybridized carbons (Fsp3) is 0.250. The molecular weight excluding hydrogens is 399 g/mol. The summed E-state index contributed by atoms with van der Waals surface area (Å²) in [6.07, 6.45) is 3.78. The van der Waals surface area contributed by atoms with Gasteiger partial charge in [0.2, 0.25) is 0 Å². The molecule has 6 rings (SSSR count). The van der Waals surface area contributed by atoms with Gasteiger partial charge < -0.3 is 5.32 Å². The predicted octanol–water partition coefficient (Wildman–Crippen LogP) is 5.95. The van der Waals surface area contributed by atoms with Crippen LogP contribution < -0.4 is 5.32 Å². The minimum atomic E-state index is -0.238. The molecule has 4 heteroatoms. The second-order valence-electron chi connectivity index (χ2n) is 9.04. The minimum Gasteiger partial charge on any atom is -0.377 e. The number of anilines is 1. The maximum Gasteiger partial charge on any atom is 0.167 e. The normalized spacial score (nSPS) is 21.9. The number of halogens is 1. The predicted molar refractivity (Wildman–Crippen MR) is 125 cm³/mol. The number of nitrogens with one attached hydrogen (secondary N) is 1. The number of Topliss-reactive ketones (excluding diaryl/α,β-unsaturated/α-hetero) is 1. The fourth-order valence-electron chi connectivity index (χ4n) is 5.29. The second kappa shape index (κ2) is 7.72. The summed E-state index contributed by atoms with van der Waals surface area (Å²) in [4.78, 5) is 15.0. The van der Waals surface area contributed by atoms with E-state index in [1.54, 1.807) is 0 Å². The lowest BCUT2D eigenvalue weighted by molar-refractivity contribution is 0.0994. The number of ketones is 1. The van der Waals surface area contributed by atoms with E-state index in [4.69, 9.17) is 0 Å². The average molecular weight is 425 g/mol. The van der Waals surface area contributed by atoms with Crippen LogP contribution in [0.3, 0.4) is 0 Å². The first kappa shape index (κ1) is 19.4. The van der Waals surface area contributed by atoms with Crippen molar-refractivity contribution >= 4 is 17.0 Å². The van der Waals surface area contributed by atoms with Gasteiger partial charge in [0.25, 0.3) is 0 Å². The molecule has 3 nitrogen and oxygen atoms in total. The fourth-order valence-corrected chi connectivity index (χ4v) is 5.29. The quantitative estimate of drug-likeness (QED) is 0.562. The molecule has 3 aromatic carbocycles. The molecule has 1 N–H and O–H groups in total. The first-order chi connectivity index (χ1) is 15.7. The van der Waals surface area contributed by atoms with Crippen LogP contribution in [0.4, 0.5) is 10.1 Å². The van der Waals surface area contributed by atoms with Crippen molar-refractivity contribution in [1.82, 2.24) is 4.90 Å². The maximum absolute atomic E-state index is 13.7. The highest BCUT2D eigenvalue weighted by atomic mass is 19.1. The molecule has 3 aromatic rings. The lowest BCUT2D eigenvalue weighted by Gasteiger charge is -2.40. The van der Waals surface area contributed by atoms with Gasteiger partial charge in [0.15, 0.2) is 5.78 Å². The monoisotopic (exact) mass is 424 g/mol. The summed E-state index contributed by atoms with van der Waals surface area (Å²) in [5, 5.41) is 3.72. The Morgan fingerprint density at radius 2 is 1.69 bits per heavy atom. The first-order valence-electron chi connectivity index (χ1n) is 11.4. The molecule has 0 amide bonds. The van der Waals surface area contributed by atoms with Gasteiger partial charge in [-0.2, -0.15) is 0 Å². The van der Waals surface area contributed by atoms with Crippen molar-refractivity contribution in [3.8, 4) is 0 Å². The Kier molecular flexibility index (Phi) is 4.69. The number of carbonyl (C=O) groups is 1. The van der Waals surface area contributed by atoms with Crippen LogP contribution in [-0.2, 0) is 6.54 Å². The summed E-state index contributed by atoms with van der Waals surface area (Å²) >= 11 is 0. The summed E-state index contributed by atoms with van der Waals surface area (Å²) in [5.41, 5.74) is 7.51. The largest absolute Gasteiger partial charge is 0.377 e. The Morgan fingerprint density at radius 1 is 0.938 bits per heavy atom. The number of benzene rings is 3. The second-order valence-corrected chi connectivity index (χ2v) is 9.04. The van der Waals surface area contributed by atoms with Gasteiger partial charge in [-0.1, -0.05) is 54.6 Å². The van der Waals surface area contributed by atoms with Crippen LogP contribution in [0.5, 0.6) is 0 Å². The Hall–Kier alpha value is -3.24. The topological polar surface area (TPSA) is 32.3 Å². The Bertz CT molecular complexity index is 1210. The number of nitrogens with zero attached hydrogens (tertiary/aromatic N) is 1. The summed E-state index contributed by atoms with van der Waals surface area (Å²) < 4.78 is 13.7. The highest BCUT2D eigenvalue weighted by molar-refractivity contribution is 6.08. The molecule has 160 valence electrons. The molecule has 1 fully saturated rings. The van der Waals surface area contributed by atoms with Crippen LogP contribution >= 0.6 is 0 Å². The van der Waals surface area contributed by atoms with Crippen molar-refractivity contribution in [3.63, 3.8) is 0 Å². The Labute approximate surface area is 187 Å². The first-order valence-corrected chi connectivity index (χ1v) is 11.4. The van der Waals surface area contributed by atoms with Gasteiger partial charge in [0, 0.05) is 35.7 Å². The number of hydrogen-bond acceptors (Lipinski definition) is 3. The Balaban J connectivity index is 1.44. The molecule has 0 spiro atoms. The van der Waals surface area contributed by atoms with E-state index in [2.05, 4.69) is 46.6 Å². The molecule has 2 heterocycles. The zero-order valence-corrected chi connectivity index (χ0v) is 17.9. The van der Waals surface area contributed by atoms with Crippen LogP contribution in [0, 0.1) is 5.82 Å². The van der Waals surface area contributed by atoms with Crippen molar-refractivity contribution in [2.24, 2.45) is 0 Å². The lowest BCUT2D eigenvalue weighted by atomic mass is 9.72. The van der Waals surface area contributed by atoms with E-state index in [9.17, 15) is 9.18 Å². The van der Waals surface area contributed by atoms with E-state index in [1.165, 1.54) is 42.8 Å². The third-order valence-electron chi connectivity index (χ3n) is 7.06. The zero-order valence-electron chi connectivity index (χ0n) is 17.9. The standard InChI is InChI=1S/C28H25FN2O/c29-21-11-9-19(10-12-21)26-23-13-14-25(32)22-3-1-4-24(27(22)23)30-28(26)20-7-5-18(6-8-20)17-31-15-2-16-31/h1,3-13,26,28,30H,2,14-17H2. The Morgan fingerprint density at radius 3 is 2.41 bits per heavy atom. The van der Waals surface area contributed by atoms with E-state index in [1.807, 2.05) is 24.3 Å². The van der Waals surface area contributed by atoms with Crippen molar-refractivity contribution in [3.05, 3.63) is 106 Å². The minimum absolute atomic E-state index is 0.000669. The van der Waals surface area contributed by atoms with Crippen LogP contribution in [0.25, 0.3) is 5.57 Å². The maximum atomic E-state index is 13.7. The van der Waals surface area contributed by atoms with Gasteiger partial charge in [-0.15, -0.1) is 0 Å². The molecule has 3 aliphatic rings. The number of carbonyl (C=O) groups excluding carboxylic acids is 1. The third kappa shape index (κ3) is 3.26. The van der Waals surface area contributed by atoms with Crippen LogP contribution in [0.2, 0.25) is 0 Å². The van der Waals surface area contributed by atoms with E-state index in [0.717, 1.165) is 34.5 Å². The molecule has 32 heavy (non-hydrogen) atoms. The summed E-state index contributed by atoms with van der Waals surface area (Å²) in [6.45, 7) is 3.37. The van der Waals surface area contributed by atoms with Gasteiger partial charge >= 0.3 is 0 Å². The number of hydrogen-bond donors (Lipinski definition) is 1. The van der Waals surface area contributed by atoms with E-state index < -0.39 is 0 Å². The van der Waals surface area contributed by atoms with Gasteiger partial charge in [0.05, 0.1) is 6.04 Å².